The van der Waals surface area contributed by atoms with Crippen LogP contribution in [0.25, 0.3) is 0 Å². The third-order valence-electron chi connectivity index (χ3n) is 3.60. The van der Waals surface area contributed by atoms with Gasteiger partial charge in [0.1, 0.15) is 11.8 Å². The summed E-state index contributed by atoms with van der Waals surface area (Å²) in [6, 6.07) is 0.938. The molecule has 0 aliphatic carbocycles. The van der Waals surface area contributed by atoms with Crippen LogP contribution >= 0.6 is 0 Å². The fraction of sp³-hybridized carbons (Fsp3) is 0.467. The van der Waals surface area contributed by atoms with Crippen molar-refractivity contribution in [1.82, 2.24) is 20.1 Å². The van der Waals surface area contributed by atoms with Crippen LogP contribution in [0.5, 0.6) is 5.75 Å². The molecule has 0 unspecified atom stereocenters. The molecule has 1 saturated heterocycles. The van der Waals surface area contributed by atoms with E-state index in [2.05, 4.69) is 15.2 Å². The van der Waals surface area contributed by atoms with E-state index in [1.165, 1.54) is 18.5 Å². The lowest BCUT2D eigenvalue weighted by Gasteiger charge is -2.33. The molecule has 1 fully saturated rings. The molecule has 8 nitrogen and oxygen atoms in total. The minimum atomic E-state index is -0.446. The van der Waals surface area contributed by atoms with Gasteiger partial charge in [-0.2, -0.15) is 0 Å². The highest BCUT2D eigenvalue weighted by molar-refractivity contribution is 5.94. The quantitative estimate of drug-likeness (QED) is 0.915. The summed E-state index contributed by atoms with van der Waals surface area (Å²) in [7, 11) is 0. The van der Waals surface area contributed by atoms with Crippen LogP contribution in [0.15, 0.2) is 22.9 Å². The van der Waals surface area contributed by atoms with Crippen LogP contribution in [0.1, 0.15) is 47.9 Å². The standard InChI is InChI=1S/C15H18N4O4/c1-9(2)13-17-18-14(23-13)12-8-22-4-3-19(12)15(21)10-5-11(20)7-16-6-10/h5-7,9,12,20H,3-4,8H2,1-2H3/t12-/m1/s1. The molecule has 3 rings (SSSR count). The van der Waals surface area contributed by atoms with E-state index in [0.29, 0.717) is 30.5 Å². The average molecular weight is 318 g/mol. The lowest BCUT2D eigenvalue weighted by atomic mass is 10.1. The van der Waals surface area contributed by atoms with Crippen molar-refractivity contribution in [3.8, 4) is 5.75 Å². The molecule has 1 N–H and O–H groups in total. The first-order valence-electron chi connectivity index (χ1n) is 7.42. The second-order valence-electron chi connectivity index (χ2n) is 5.65. The number of hydrogen-bond acceptors (Lipinski definition) is 7. The number of aromatic nitrogens is 3. The van der Waals surface area contributed by atoms with Crippen molar-refractivity contribution in [2.75, 3.05) is 19.8 Å². The van der Waals surface area contributed by atoms with Crippen molar-refractivity contribution in [3.05, 3.63) is 35.8 Å². The Hall–Kier alpha value is -2.48. The van der Waals surface area contributed by atoms with E-state index in [0.717, 1.165) is 0 Å². The van der Waals surface area contributed by atoms with E-state index in [-0.39, 0.29) is 24.2 Å². The molecule has 23 heavy (non-hydrogen) atoms. The van der Waals surface area contributed by atoms with Crippen molar-refractivity contribution >= 4 is 5.91 Å². The molecule has 0 radical (unpaired) electrons. The number of morpholine rings is 1. The zero-order valence-electron chi connectivity index (χ0n) is 13.0. The van der Waals surface area contributed by atoms with E-state index in [4.69, 9.17) is 9.15 Å². The topological polar surface area (TPSA) is 102 Å². The van der Waals surface area contributed by atoms with E-state index in [9.17, 15) is 9.90 Å². The number of aromatic hydroxyl groups is 1. The van der Waals surface area contributed by atoms with Crippen LogP contribution in [0.2, 0.25) is 0 Å². The number of nitrogens with zero attached hydrogens (tertiary/aromatic N) is 4. The Labute approximate surface area is 133 Å². The molecule has 0 spiro atoms. The second-order valence-corrected chi connectivity index (χ2v) is 5.65. The third-order valence-corrected chi connectivity index (χ3v) is 3.60. The molecule has 0 bridgehead atoms. The van der Waals surface area contributed by atoms with Crippen LogP contribution in [0, 0.1) is 0 Å². The third kappa shape index (κ3) is 3.16. The van der Waals surface area contributed by atoms with Crippen molar-refractivity contribution < 1.29 is 19.1 Å². The summed E-state index contributed by atoms with van der Waals surface area (Å²) in [6.45, 7) is 5.03. The van der Waals surface area contributed by atoms with Crippen LogP contribution in [-0.4, -0.2) is 50.9 Å². The summed E-state index contributed by atoms with van der Waals surface area (Å²) in [4.78, 5) is 18.2. The molecule has 3 heterocycles. The van der Waals surface area contributed by atoms with Gasteiger partial charge in [0.2, 0.25) is 11.8 Å². The lowest BCUT2D eigenvalue weighted by molar-refractivity contribution is -0.0108. The Bertz CT molecular complexity index is 700. The number of rotatable bonds is 3. The van der Waals surface area contributed by atoms with E-state index in [1.54, 1.807) is 4.90 Å². The SMILES string of the molecule is CC(C)c1nnc([C@H]2COCCN2C(=O)c2cncc(O)c2)o1. The van der Waals surface area contributed by atoms with Gasteiger partial charge in [0.25, 0.3) is 5.91 Å². The molecule has 1 aliphatic heterocycles. The van der Waals surface area contributed by atoms with Crippen LogP contribution in [-0.2, 0) is 4.74 Å². The van der Waals surface area contributed by atoms with Crippen molar-refractivity contribution in [2.24, 2.45) is 0 Å². The number of pyridine rings is 1. The summed E-state index contributed by atoms with van der Waals surface area (Å²) >= 11 is 0. The zero-order chi connectivity index (χ0) is 16.4. The van der Waals surface area contributed by atoms with E-state index < -0.39 is 6.04 Å². The molecule has 1 aliphatic rings. The van der Waals surface area contributed by atoms with Crippen molar-refractivity contribution in [1.29, 1.82) is 0 Å². The Morgan fingerprint density at radius 1 is 1.39 bits per heavy atom. The number of amides is 1. The molecular formula is C15H18N4O4. The summed E-state index contributed by atoms with van der Waals surface area (Å²) in [5, 5.41) is 17.6. The summed E-state index contributed by atoms with van der Waals surface area (Å²) < 4.78 is 11.1. The smallest absolute Gasteiger partial charge is 0.256 e. The summed E-state index contributed by atoms with van der Waals surface area (Å²) in [5.41, 5.74) is 0.306. The first-order valence-corrected chi connectivity index (χ1v) is 7.42. The Kier molecular flexibility index (Phi) is 4.24. The minimum absolute atomic E-state index is 0.0551. The fourth-order valence-corrected chi connectivity index (χ4v) is 2.38. The van der Waals surface area contributed by atoms with Crippen LogP contribution in [0.4, 0.5) is 0 Å². The van der Waals surface area contributed by atoms with Gasteiger partial charge in [-0.1, -0.05) is 13.8 Å². The first-order chi connectivity index (χ1) is 11.1. The Morgan fingerprint density at radius 2 is 2.22 bits per heavy atom. The van der Waals surface area contributed by atoms with Gasteiger partial charge in [-0.05, 0) is 6.07 Å². The van der Waals surface area contributed by atoms with Gasteiger partial charge in [-0.15, -0.1) is 10.2 Å². The molecule has 8 heteroatoms. The normalized spacial score (nSPS) is 18.4. The molecule has 0 aromatic carbocycles. The van der Waals surface area contributed by atoms with E-state index >= 15 is 0 Å². The number of hydrogen-bond donors (Lipinski definition) is 1. The number of carbonyl (C=O) groups is 1. The highest BCUT2D eigenvalue weighted by atomic mass is 16.5. The van der Waals surface area contributed by atoms with Gasteiger partial charge >= 0.3 is 0 Å². The second kappa shape index (κ2) is 6.33. The van der Waals surface area contributed by atoms with Gasteiger partial charge < -0.3 is 19.2 Å². The number of ether oxygens (including phenoxy) is 1. The molecule has 2 aromatic rings. The lowest BCUT2D eigenvalue weighted by Crippen LogP contribution is -2.43. The molecular weight excluding hydrogens is 300 g/mol. The summed E-state index contributed by atoms with van der Waals surface area (Å²) in [5.74, 6) is 0.679. The summed E-state index contributed by atoms with van der Waals surface area (Å²) in [6.07, 6.45) is 2.70. The van der Waals surface area contributed by atoms with Crippen molar-refractivity contribution in [2.45, 2.75) is 25.8 Å². The predicted octanol–water partition coefficient (Wildman–Crippen LogP) is 1.51. The highest BCUT2D eigenvalue weighted by Gasteiger charge is 2.33. The molecule has 122 valence electrons. The molecule has 1 amide bonds. The molecule has 2 aromatic heterocycles. The predicted molar refractivity (Wildman–Crippen MR) is 78.9 cm³/mol. The molecule has 0 saturated carbocycles. The van der Waals surface area contributed by atoms with Gasteiger partial charge in [-0.3, -0.25) is 9.78 Å². The van der Waals surface area contributed by atoms with Gasteiger partial charge in [-0.25, -0.2) is 0 Å². The maximum absolute atomic E-state index is 12.7. The van der Waals surface area contributed by atoms with Crippen LogP contribution < -0.4 is 0 Å². The minimum Gasteiger partial charge on any atom is -0.506 e. The largest absolute Gasteiger partial charge is 0.506 e. The molecule has 1 atom stereocenters. The Balaban J connectivity index is 1.87. The van der Waals surface area contributed by atoms with Crippen molar-refractivity contribution in [3.63, 3.8) is 0 Å². The Morgan fingerprint density at radius 3 is 2.91 bits per heavy atom. The maximum atomic E-state index is 12.7. The van der Waals surface area contributed by atoms with Gasteiger partial charge in [0.05, 0.1) is 25.0 Å². The zero-order valence-corrected chi connectivity index (χ0v) is 13.0. The first kappa shape index (κ1) is 15.4. The maximum Gasteiger partial charge on any atom is 0.256 e. The van der Waals surface area contributed by atoms with Gasteiger partial charge in [0.15, 0.2) is 0 Å². The van der Waals surface area contributed by atoms with E-state index in [1.807, 2.05) is 13.8 Å². The monoisotopic (exact) mass is 318 g/mol. The average Bonchev–Trinajstić information content (AvgIpc) is 3.04. The number of carbonyl (C=O) groups excluding carboxylic acids is 1. The van der Waals surface area contributed by atoms with Gasteiger partial charge in [0, 0.05) is 18.7 Å². The fourth-order valence-electron chi connectivity index (χ4n) is 2.38. The van der Waals surface area contributed by atoms with Crippen LogP contribution in [0.3, 0.4) is 0 Å². The highest BCUT2D eigenvalue weighted by Crippen LogP contribution is 2.27.